The van der Waals surface area contributed by atoms with Gasteiger partial charge in [0.15, 0.2) is 5.82 Å². The second kappa shape index (κ2) is 5.27. The van der Waals surface area contributed by atoms with Gasteiger partial charge in [0.25, 0.3) is 0 Å². The van der Waals surface area contributed by atoms with Crippen molar-refractivity contribution >= 4 is 21.7 Å². The number of aryl methyl sites for hydroxylation is 1. The standard InChI is InChI=1S/C13H14BrN3/c1-2-6-10-11(14)12(15)17-13(16-10)9-7-4-3-5-8-9/h3-5,7-8H,2,6H2,1H3,(H2,15,16,17). The van der Waals surface area contributed by atoms with Gasteiger partial charge in [0, 0.05) is 5.56 Å². The molecule has 0 aliphatic rings. The van der Waals surface area contributed by atoms with Gasteiger partial charge in [-0.25, -0.2) is 9.97 Å². The van der Waals surface area contributed by atoms with Gasteiger partial charge in [0.2, 0.25) is 0 Å². The van der Waals surface area contributed by atoms with E-state index in [1.165, 1.54) is 0 Å². The predicted molar refractivity (Wildman–Crippen MR) is 73.6 cm³/mol. The zero-order valence-corrected chi connectivity index (χ0v) is 11.2. The molecule has 0 atom stereocenters. The van der Waals surface area contributed by atoms with Crippen LogP contribution in [0.25, 0.3) is 11.4 Å². The third-order valence-corrected chi connectivity index (χ3v) is 3.33. The predicted octanol–water partition coefficient (Wildman–Crippen LogP) is 3.44. The summed E-state index contributed by atoms with van der Waals surface area (Å²) in [6.45, 7) is 2.12. The summed E-state index contributed by atoms with van der Waals surface area (Å²) >= 11 is 3.44. The van der Waals surface area contributed by atoms with Crippen LogP contribution in [0.4, 0.5) is 5.82 Å². The number of nitrogens with zero attached hydrogens (tertiary/aromatic N) is 2. The Labute approximate surface area is 109 Å². The van der Waals surface area contributed by atoms with Crippen LogP contribution in [0, 0.1) is 0 Å². The molecule has 0 unspecified atom stereocenters. The Morgan fingerprint density at radius 2 is 1.88 bits per heavy atom. The largest absolute Gasteiger partial charge is 0.383 e. The molecule has 17 heavy (non-hydrogen) atoms. The zero-order chi connectivity index (χ0) is 12.3. The van der Waals surface area contributed by atoms with E-state index in [4.69, 9.17) is 5.73 Å². The maximum Gasteiger partial charge on any atom is 0.161 e. The van der Waals surface area contributed by atoms with E-state index in [2.05, 4.69) is 32.8 Å². The second-order valence-electron chi connectivity index (χ2n) is 3.81. The molecule has 4 heteroatoms. The molecule has 0 fully saturated rings. The van der Waals surface area contributed by atoms with Crippen molar-refractivity contribution in [1.82, 2.24) is 9.97 Å². The molecule has 1 aromatic carbocycles. The molecule has 0 saturated heterocycles. The normalized spacial score (nSPS) is 10.5. The summed E-state index contributed by atoms with van der Waals surface area (Å²) in [6, 6.07) is 9.88. The van der Waals surface area contributed by atoms with Gasteiger partial charge < -0.3 is 5.73 Å². The number of hydrogen-bond acceptors (Lipinski definition) is 3. The average molecular weight is 292 g/mol. The third kappa shape index (κ3) is 2.64. The minimum absolute atomic E-state index is 0.502. The number of benzene rings is 1. The van der Waals surface area contributed by atoms with Crippen LogP contribution in [-0.4, -0.2) is 9.97 Å². The molecule has 1 aromatic heterocycles. The quantitative estimate of drug-likeness (QED) is 0.942. The van der Waals surface area contributed by atoms with Crippen molar-refractivity contribution in [3.8, 4) is 11.4 Å². The van der Waals surface area contributed by atoms with Crippen LogP contribution in [0.1, 0.15) is 19.0 Å². The van der Waals surface area contributed by atoms with Crippen molar-refractivity contribution in [2.75, 3.05) is 5.73 Å². The summed E-state index contributed by atoms with van der Waals surface area (Å²) in [6.07, 6.45) is 1.93. The van der Waals surface area contributed by atoms with Crippen LogP contribution in [-0.2, 0) is 6.42 Å². The Morgan fingerprint density at radius 3 is 2.53 bits per heavy atom. The molecule has 1 heterocycles. The van der Waals surface area contributed by atoms with Gasteiger partial charge in [-0.1, -0.05) is 43.7 Å². The Kier molecular flexibility index (Phi) is 3.74. The first kappa shape index (κ1) is 12.0. The number of halogens is 1. The summed E-state index contributed by atoms with van der Waals surface area (Å²) in [4.78, 5) is 8.86. The third-order valence-electron chi connectivity index (χ3n) is 2.46. The SMILES string of the molecule is CCCc1nc(-c2ccccc2)nc(N)c1Br. The summed E-state index contributed by atoms with van der Waals surface area (Å²) in [5.74, 6) is 1.19. The maximum absolute atomic E-state index is 5.89. The van der Waals surface area contributed by atoms with Crippen molar-refractivity contribution < 1.29 is 0 Å². The lowest BCUT2D eigenvalue weighted by molar-refractivity contribution is 0.870. The van der Waals surface area contributed by atoms with E-state index in [1.54, 1.807) is 0 Å². The molecule has 88 valence electrons. The van der Waals surface area contributed by atoms with Gasteiger partial charge >= 0.3 is 0 Å². The van der Waals surface area contributed by atoms with Crippen molar-refractivity contribution in [2.45, 2.75) is 19.8 Å². The summed E-state index contributed by atoms with van der Waals surface area (Å²) in [5.41, 5.74) is 7.85. The molecule has 0 saturated carbocycles. The van der Waals surface area contributed by atoms with Crippen LogP contribution in [0.5, 0.6) is 0 Å². The van der Waals surface area contributed by atoms with Gasteiger partial charge in [0.1, 0.15) is 5.82 Å². The van der Waals surface area contributed by atoms with Crippen LogP contribution in [0.2, 0.25) is 0 Å². The number of nitrogens with two attached hydrogens (primary N) is 1. The van der Waals surface area contributed by atoms with Crippen LogP contribution >= 0.6 is 15.9 Å². The number of aromatic nitrogens is 2. The molecule has 2 aromatic rings. The zero-order valence-electron chi connectivity index (χ0n) is 9.65. The topological polar surface area (TPSA) is 51.8 Å². The van der Waals surface area contributed by atoms with E-state index in [0.717, 1.165) is 28.6 Å². The van der Waals surface area contributed by atoms with E-state index < -0.39 is 0 Å². The fourth-order valence-electron chi connectivity index (χ4n) is 1.63. The Bertz CT molecular complexity index is 512. The van der Waals surface area contributed by atoms with Gasteiger partial charge in [-0.2, -0.15) is 0 Å². The molecule has 2 rings (SSSR count). The lowest BCUT2D eigenvalue weighted by atomic mass is 10.2. The van der Waals surface area contributed by atoms with E-state index >= 15 is 0 Å². The van der Waals surface area contributed by atoms with Crippen molar-refractivity contribution in [1.29, 1.82) is 0 Å². The van der Waals surface area contributed by atoms with Gasteiger partial charge in [-0.15, -0.1) is 0 Å². The summed E-state index contributed by atoms with van der Waals surface area (Å²) in [5, 5.41) is 0. The fourth-order valence-corrected chi connectivity index (χ4v) is 2.01. The highest BCUT2D eigenvalue weighted by Crippen LogP contribution is 2.25. The number of anilines is 1. The maximum atomic E-state index is 5.89. The molecule has 0 bridgehead atoms. The summed E-state index contributed by atoms with van der Waals surface area (Å²) in [7, 11) is 0. The number of nitrogen functional groups attached to an aromatic ring is 1. The molecular weight excluding hydrogens is 278 g/mol. The highest BCUT2D eigenvalue weighted by molar-refractivity contribution is 9.10. The lowest BCUT2D eigenvalue weighted by Gasteiger charge is -2.08. The van der Waals surface area contributed by atoms with E-state index in [9.17, 15) is 0 Å². The van der Waals surface area contributed by atoms with Crippen LogP contribution in [0.15, 0.2) is 34.8 Å². The average Bonchev–Trinajstić information content (AvgIpc) is 2.36. The monoisotopic (exact) mass is 291 g/mol. The fraction of sp³-hybridized carbons (Fsp3) is 0.231. The Balaban J connectivity index is 2.49. The molecule has 0 aliphatic heterocycles. The first-order valence-corrected chi connectivity index (χ1v) is 6.39. The highest BCUT2D eigenvalue weighted by Gasteiger charge is 2.10. The smallest absolute Gasteiger partial charge is 0.161 e. The number of hydrogen-bond donors (Lipinski definition) is 1. The Morgan fingerprint density at radius 1 is 1.18 bits per heavy atom. The second-order valence-corrected chi connectivity index (χ2v) is 4.60. The first-order valence-electron chi connectivity index (χ1n) is 5.59. The first-order chi connectivity index (χ1) is 8.22. The van der Waals surface area contributed by atoms with Gasteiger partial charge in [-0.05, 0) is 22.4 Å². The molecule has 0 aliphatic carbocycles. The number of rotatable bonds is 3. The van der Waals surface area contributed by atoms with Crippen LogP contribution < -0.4 is 5.73 Å². The summed E-state index contributed by atoms with van der Waals surface area (Å²) < 4.78 is 0.819. The van der Waals surface area contributed by atoms with Crippen LogP contribution in [0.3, 0.4) is 0 Å². The van der Waals surface area contributed by atoms with Gasteiger partial charge in [0.05, 0.1) is 10.2 Å². The lowest BCUT2D eigenvalue weighted by Crippen LogP contribution is -2.02. The van der Waals surface area contributed by atoms with E-state index in [0.29, 0.717) is 11.6 Å². The minimum atomic E-state index is 0.502. The molecule has 0 spiro atoms. The molecule has 0 radical (unpaired) electrons. The van der Waals surface area contributed by atoms with Crippen molar-refractivity contribution in [3.05, 3.63) is 40.5 Å². The molecule has 3 nitrogen and oxygen atoms in total. The minimum Gasteiger partial charge on any atom is -0.383 e. The molecular formula is C13H14BrN3. The highest BCUT2D eigenvalue weighted by atomic mass is 79.9. The van der Waals surface area contributed by atoms with E-state index in [-0.39, 0.29) is 0 Å². The molecule has 0 amide bonds. The van der Waals surface area contributed by atoms with E-state index in [1.807, 2.05) is 30.3 Å². The molecule has 2 N–H and O–H groups in total. The van der Waals surface area contributed by atoms with Crippen molar-refractivity contribution in [2.24, 2.45) is 0 Å². The van der Waals surface area contributed by atoms with Gasteiger partial charge in [-0.3, -0.25) is 0 Å². The Hall–Kier alpha value is -1.42. The van der Waals surface area contributed by atoms with Crippen molar-refractivity contribution in [3.63, 3.8) is 0 Å².